The predicted molar refractivity (Wildman–Crippen MR) is 303 cm³/mol. The molecule has 0 saturated carbocycles. The van der Waals surface area contributed by atoms with Crippen LogP contribution in [0.5, 0.6) is 28.7 Å². The van der Waals surface area contributed by atoms with Gasteiger partial charge in [-0.05, 0) is 119 Å². The number of esters is 3. The Morgan fingerprint density at radius 2 is 1.56 bits per heavy atom. The molecule has 0 radical (unpaired) electrons. The molecule has 1 aliphatic heterocycles. The fourth-order valence-corrected chi connectivity index (χ4v) is 9.28. The first-order valence-electron chi connectivity index (χ1n) is 26.1. The maximum atomic E-state index is 15.3. The number of rotatable bonds is 30. The molecule has 1 fully saturated rings. The highest BCUT2D eigenvalue weighted by Gasteiger charge is 2.37. The number of nitrogens with zero attached hydrogens (tertiary/aromatic N) is 3. The first-order valence-corrected chi connectivity index (χ1v) is 26.9. The molecule has 81 heavy (non-hydrogen) atoms. The van der Waals surface area contributed by atoms with E-state index in [0.29, 0.717) is 67.7 Å². The van der Waals surface area contributed by atoms with E-state index in [4.69, 9.17) is 42.6 Å². The number of thiazole rings is 1. The molecule has 6 aromatic carbocycles. The second kappa shape index (κ2) is 28.6. The third kappa shape index (κ3) is 16.5. The number of benzene rings is 6. The molecule has 7 aromatic rings. The quantitative estimate of drug-likeness (QED) is 0.0104. The van der Waals surface area contributed by atoms with Crippen molar-refractivity contribution in [2.45, 2.75) is 51.2 Å². The van der Waals surface area contributed by atoms with Crippen LogP contribution in [0.4, 0.5) is 18.3 Å². The van der Waals surface area contributed by atoms with Gasteiger partial charge < -0.3 is 42.6 Å². The molecule has 2 heterocycles. The summed E-state index contributed by atoms with van der Waals surface area (Å²) in [6.07, 6.45) is 8.59. The standard InChI is InChI=1S/C62H60F3N3O12S/c1-5-57(69)75-27-9-26-74-49-21-20-46-31-42(15-19-47(46)35-49)13-17-45-18-14-43(34-55(45)72-4)16-24-58(70)80-50-22-23-54(78-38-44-32-51(64)59(52(65)33-44)76-28-10-29-79-62(6-2)39-73-40-62)48(36-50)37-66-68(25-30-77-60(71)41(3)63)61-67-53-11-7-8-12-56(53)81-61/h5,7-8,11-12,14-16,18-24,31-37H,1,3,6,9-10,13,17,25-30,38-40H2,2,4H3/b24-16+,66-37+. The Labute approximate surface area is 470 Å². The SMILES string of the molecule is C=CC(=O)OCCCOc1ccc2cc(CCc3ccc(/C=C/C(=O)Oc4ccc(OCc5cc(F)c(OCCCOC6(CC)COC6)c(F)c5)c(/C=N/N(CCOC(=O)C(=C)F)c5nc6ccccc6s5)c4)cc3OC)ccc2c1. The van der Waals surface area contributed by atoms with E-state index < -0.39 is 41.1 Å². The lowest BCUT2D eigenvalue weighted by molar-refractivity contribution is -0.211. The van der Waals surface area contributed by atoms with Crippen molar-refractivity contribution in [2.75, 3.05) is 64.9 Å². The van der Waals surface area contributed by atoms with Gasteiger partial charge in [0.15, 0.2) is 17.4 Å². The van der Waals surface area contributed by atoms with Crippen molar-refractivity contribution >= 4 is 67.7 Å². The van der Waals surface area contributed by atoms with Crippen molar-refractivity contribution in [1.29, 1.82) is 0 Å². The van der Waals surface area contributed by atoms with Gasteiger partial charge in [-0.15, -0.1) is 0 Å². The molecule has 422 valence electrons. The van der Waals surface area contributed by atoms with E-state index in [2.05, 4.69) is 41.4 Å². The molecule has 1 saturated heterocycles. The predicted octanol–water partition coefficient (Wildman–Crippen LogP) is 12.0. The highest BCUT2D eigenvalue weighted by molar-refractivity contribution is 7.22. The summed E-state index contributed by atoms with van der Waals surface area (Å²) in [6.45, 7) is 9.80. The lowest BCUT2D eigenvalue weighted by Crippen LogP contribution is -2.51. The smallest absolute Gasteiger partial charge is 0.366 e. The molecule has 0 aliphatic carbocycles. The van der Waals surface area contributed by atoms with Crippen LogP contribution in [-0.2, 0) is 52.8 Å². The van der Waals surface area contributed by atoms with E-state index in [1.165, 1.54) is 46.8 Å². The first kappa shape index (κ1) is 58.6. The number of aromatic nitrogens is 1. The molecule has 8 rings (SSSR count). The zero-order chi connectivity index (χ0) is 57.1. The van der Waals surface area contributed by atoms with Gasteiger partial charge in [0, 0.05) is 30.6 Å². The molecule has 0 amide bonds. The lowest BCUT2D eigenvalue weighted by atomic mass is 9.99. The Kier molecular flexibility index (Phi) is 20.7. The topological polar surface area (TPSA) is 163 Å². The van der Waals surface area contributed by atoms with Crippen LogP contribution in [0.25, 0.3) is 27.1 Å². The van der Waals surface area contributed by atoms with Gasteiger partial charge in [-0.2, -0.15) is 9.49 Å². The molecule has 0 bridgehead atoms. The minimum atomic E-state index is -1.26. The van der Waals surface area contributed by atoms with Crippen molar-refractivity contribution in [3.63, 3.8) is 0 Å². The molecule has 0 spiro atoms. The van der Waals surface area contributed by atoms with Crippen LogP contribution in [0.1, 0.15) is 54.0 Å². The van der Waals surface area contributed by atoms with Crippen LogP contribution in [0.15, 0.2) is 145 Å². The molecule has 0 unspecified atom stereocenters. The summed E-state index contributed by atoms with van der Waals surface area (Å²) in [7, 11) is 1.59. The van der Waals surface area contributed by atoms with Gasteiger partial charge in [0.1, 0.15) is 41.8 Å². The fraction of sp³-hybridized carbons (Fsp3) is 0.274. The molecule has 15 nitrogen and oxygen atoms in total. The fourth-order valence-electron chi connectivity index (χ4n) is 8.33. The number of hydrogen-bond acceptors (Lipinski definition) is 16. The van der Waals surface area contributed by atoms with E-state index in [1.54, 1.807) is 13.2 Å². The largest absolute Gasteiger partial charge is 0.496 e. The van der Waals surface area contributed by atoms with E-state index in [9.17, 15) is 18.8 Å². The first-order chi connectivity index (χ1) is 39.3. The summed E-state index contributed by atoms with van der Waals surface area (Å²) < 4.78 is 95.2. The van der Waals surface area contributed by atoms with Gasteiger partial charge in [-0.1, -0.05) is 79.9 Å². The lowest BCUT2D eigenvalue weighted by Gasteiger charge is -2.40. The number of fused-ring (bicyclic) bond motifs is 2. The number of carbonyl (C=O) groups is 3. The Balaban J connectivity index is 0.934. The normalized spacial score (nSPS) is 12.8. The van der Waals surface area contributed by atoms with Gasteiger partial charge in [0.25, 0.3) is 0 Å². The molecule has 1 aliphatic rings. The second-order valence-electron chi connectivity index (χ2n) is 18.6. The average Bonchev–Trinajstić information content (AvgIpc) is 4.04. The average molecular weight is 1130 g/mol. The number of anilines is 1. The zero-order valence-corrected chi connectivity index (χ0v) is 45.6. The summed E-state index contributed by atoms with van der Waals surface area (Å²) in [5.41, 5.74) is 3.59. The van der Waals surface area contributed by atoms with Gasteiger partial charge >= 0.3 is 17.9 Å². The van der Waals surface area contributed by atoms with Crippen LogP contribution in [0.3, 0.4) is 0 Å². The van der Waals surface area contributed by atoms with Crippen LogP contribution in [0, 0.1) is 11.6 Å². The third-order valence-electron chi connectivity index (χ3n) is 12.8. The molecular weight excluding hydrogens is 1070 g/mol. The molecular formula is C62H60F3N3O12S. The number of hydrogen-bond donors (Lipinski definition) is 0. The Bertz CT molecular complexity index is 3370. The van der Waals surface area contributed by atoms with E-state index in [1.807, 2.05) is 67.6 Å². The van der Waals surface area contributed by atoms with Gasteiger partial charge in [0.2, 0.25) is 11.0 Å². The highest BCUT2D eigenvalue weighted by Crippen LogP contribution is 2.32. The minimum absolute atomic E-state index is 0.0287. The second-order valence-corrected chi connectivity index (χ2v) is 19.6. The van der Waals surface area contributed by atoms with Crippen LogP contribution >= 0.6 is 11.3 Å². The maximum absolute atomic E-state index is 15.3. The number of aryl methyl sites for hydroxylation is 2. The Hall–Kier alpha value is -8.52. The molecule has 1 aromatic heterocycles. The summed E-state index contributed by atoms with van der Waals surface area (Å²) in [5, 5.41) is 8.59. The minimum Gasteiger partial charge on any atom is -0.496 e. The number of methoxy groups -OCH3 is 1. The van der Waals surface area contributed by atoms with E-state index >= 15 is 8.78 Å². The van der Waals surface area contributed by atoms with Gasteiger partial charge in [-0.25, -0.2) is 33.2 Å². The monoisotopic (exact) mass is 1130 g/mol. The number of carbonyl (C=O) groups excluding carboxylic acids is 3. The van der Waals surface area contributed by atoms with Crippen LogP contribution in [-0.4, -0.2) is 94.6 Å². The molecule has 0 atom stereocenters. The molecule has 19 heteroatoms. The maximum Gasteiger partial charge on any atom is 0.366 e. The molecule has 0 N–H and O–H groups in total. The van der Waals surface area contributed by atoms with Crippen molar-refractivity contribution < 1.29 is 70.2 Å². The summed E-state index contributed by atoms with van der Waals surface area (Å²) in [6, 6.07) is 32.0. The number of halogens is 3. The van der Waals surface area contributed by atoms with Gasteiger partial charge in [-0.3, -0.25) is 0 Å². The van der Waals surface area contributed by atoms with Crippen molar-refractivity contribution in [3.8, 4) is 28.7 Å². The Morgan fingerprint density at radius 3 is 2.31 bits per heavy atom. The summed E-state index contributed by atoms with van der Waals surface area (Å²) in [5.74, 6) is -4.33. The summed E-state index contributed by atoms with van der Waals surface area (Å²) >= 11 is 1.30. The van der Waals surface area contributed by atoms with Crippen molar-refractivity contribution in [2.24, 2.45) is 5.10 Å². The zero-order valence-electron chi connectivity index (χ0n) is 44.8. The highest BCUT2D eigenvalue weighted by atomic mass is 32.1. The number of ether oxygens (including phenoxy) is 9. The van der Waals surface area contributed by atoms with E-state index in [-0.39, 0.29) is 61.2 Å². The number of hydrazone groups is 1. The third-order valence-corrected chi connectivity index (χ3v) is 13.9. The van der Waals surface area contributed by atoms with Crippen LogP contribution < -0.4 is 28.7 Å². The Morgan fingerprint density at radius 1 is 0.790 bits per heavy atom. The number of para-hydroxylation sites is 1. The van der Waals surface area contributed by atoms with E-state index in [0.717, 1.165) is 63.4 Å². The van der Waals surface area contributed by atoms with Crippen LogP contribution in [0.2, 0.25) is 0 Å². The summed E-state index contributed by atoms with van der Waals surface area (Å²) in [4.78, 5) is 41.2. The van der Waals surface area contributed by atoms with Gasteiger partial charge in [0.05, 0.1) is 69.7 Å². The van der Waals surface area contributed by atoms with Crippen molar-refractivity contribution in [3.05, 3.63) is 180 Å². The van der Waals surface area contributed by atoms with Crippen molar-refractivity contribution in [1.82, 2.24) is 4.98 Å².